The van der Waals surface area contributed by atoms with Gasteiger partial charge >= 0.3 is 5.97 Å². The van der Waals surface area contributed by atoms with E-state index in [-0.39, 0.29) is 12.2 Å². The lowest BCUT2D eigenvalue weighted by Crippen LogP contribution is -2.60. The molecule has 0 radical (unpaired) electrons. The van der Waals surface area contributed by atoms with E-state index < -0.39 is 90.7 Å². The van der Waals surface area contributed by atoms with Crippen molar-refractivity contribution in [2.75, 3.05) is 13.2 Å². The smallest absolute Gasteiger partial charge is 0.338 e. The van der Waals surface area contributed by atoms with Gasteiger partial charge in [0.15, 0.2) is 17.8 Å². The summed E-state index contributed by atoms with van der Waals surface area (Å²) < 4.78 is 27.9. The number of esters is 1. The quantitative estimate of drug-likeness (QED) is 0.125. The Morgan fingerprint density at radius 3 is 2.49 bits per heavy atom. The van der Waals surface area contributed by atoms with Gasteiger partial charge in [-0.1, -0.05) is 0 Å². The molecule has 0 spiro atoms. The Labute approximate surface area is 198 Å². The summed E-state index contributed by atoms with van der Waals surface area (Å²) in [4.78, 5) is 12.5. The summed E-state index contributed by atoms with van der Waals surface area (Å²) in [6, 6.07) is 3.45. The number of hydrogen-bond acceptors (Lipinski definition) is 13. The molecule has 7 N–H and O–H groups in total. The van der Waals surface area contributed by atoms with Crippen LogP contribution in [0.1, 0.15) is 10.4 Å². The summed E-state index contributed by atoms with van der Waals surface area (Å²) in [5.41, 5.74) is -1.21. The average Bonchev–Trinajstić information content (AvgIpc) is 3.53. The standard InChI is InChI=1S/C22H26O13/c23-6-12-15(27)16(28)17(29)21(33-12)34-20-13-9(3-4-31-20)14(26)18-22(13,35-18)7-32-19(30)8-1-2-10(24)11(25)5-8/h1-5,9,12-18,20-21,23-29H,6-7H2/t9-,12-,13-,14+,15-,16+,17-,18+,20+,21+,22-/m1/s1. The third-order valence-electron chi connectivity index (χ3n) is 7.02. The Morgan fingerprint density at radius 1 is 1.00 bits per heavy atom. The van der Waals surface area contributed by atoms with Gasteiger partial charge in [0, 0.05) is 5.92 Å². The molecule has 35 heavy (non-hydrogen) atoms. The summed E-state index contributed by atoms with van der Waals surface area (Å²) in [5.74, 6) is -2.93. The molecule has 5 rings (SSSR count). The number of ether oxygens (including phenoxy) is 5. The van der Waals surface area contributed by atoms with Crippen molar-refractivity contribution in [2.24, 2.45) is 11.8 Å². The normalized spacial score (nSPS) is 43.7. The molecule has 3 fully saturated rings. The van der Waals surface area contributed by atoms with Gasteiger partial charge < -0.3 is 59.4 Å². The van der Waals surface area contributed by atoms with Crippen LogP contribution in [0.25, 0.3) is 0 Å². The van der Waals surface area contributed by atoms with Crippen LogP contribution in [0.5, 0.6) is 11.5 Å². The van der Waals surface area contributed by atoms with Crippen molar-refractivity contribution in [3.8, 4) is 11.5 Å². The summed E-state index contributed by atoms with van der Waals surface area (Å²) in [6.45, 7) is -0.943. The third kappa shape index (κ3) is 3.93. The maximum atomic E-state index is 12.5. The number of phenols is 2. The van der Waals surface area contributed by atoms with E-state index in [2.05, 4.69) is 0 Å². The molecule has 0 amide bonds. The minimum Gasteiger partial charge on any atom is -0.504 e. The molecular weight excluding hydrogens is 472 g/mol. The van der Waals surface area contributed by atoms with Crippen LogP contribution in [0.4, 0.5) is 0 Å². The molecule has 1 saturated carbocycles. The maximum Gasteiger partial charge on any atom is 0.338 e. The molecule has 192 valence electrons. The van der Waals surface area contributed by atoms with Gasteiger partial charge in [-0.15, -0.1) is 0 Å². The van der Waals surface area contributed by atoms with Gasteiger partial charge in [-0.3, -0.25) is 0 Å². The number of aliphatic hydroxyl groups excluding tert-OH is 5. The van der Waals surface area contributed by atoms with Crippen molar-refractivity contribution >= 4 is 5.97 Å². The molecule has 11 atom stereocenters. The highest BCUT2D eigenvalue weighted by molar-refractivity contribution is 5.90. The monoisotopic (exact) mass is 498 g/mol. The number of aromatic hydroxyl groups is 2. The highest BCUT2D eigenvalue weighted by Crippen LogP contribution is 2.60. The number of fused-ring (bicyclic) bond motifs is 3. The minimum atomic E-state index is -1.67. The summed E-state index contributed by atoms with van der Waals surface area (Å²) in [5, 5.41) is 69.5. The number of hydrogen-bond donors (Lipinski definition) is 7. The van der Waals surface area contributed by atoms with Crippen molar-refractivity contribution in [1.82, 2.24) is 0 Å². The average molecular weight is 498 g/mol. The summed E-state index contributed by atoms with van der Waals surface area (Å²) in [6.07, 6.45) is -7.50. The largest absolute Gasteiger partial charge is 0.504 e. The molecule has 13 nitrogen and oxygen atoms in total. The zero-order chi connectivity index (χ0) is 25.1. The van der Waals surface area contributed by atoms with Crippen LogP contribution in [-0.4, -0.2) is 110 Å². The molecule has 1 aromatic rings. The number of phenolic OH excluding ortho intramolecular Hbond substituents is 2. The molecule has 1 aliphatic carbocycles. The Balaban J connectivity index is 1.32. The van der Waals surface area contributed by atoms with Crippen molar-refractivity contribution in [3.63, 3.8) is 0 Å². The van der Waals surface area contributed by atoms with Crippen molar-refractivity contribution in [1.29, 1.82) is 0 Å². The predicted molar refractivity (Wildman–Crippen MR) is 110 cm³/mol. The van der Waals surface area contributed by atoms with E-state index in [9.17, 15) is 40.5 Å². The highest BCUT2D eigenvalue weighted by atomic mass is 16.8. The van der Waals surface area contributed by atoms with Crippen LogP contribution in [0.15, 0.2) is 30.5 Å². The van der Waals surface area contributed by atoms with E-state index >= 15 is 0 Å². The summed E-state index contributed by atoms with van der Waals surface area (Å²) >= 11 is 0. The second kappa shape index (κ2) is 8.87. The number of benzene rings is 1. The number of rotatable bonds is 6. The van der Waals surface area contributed by atoms with Gasteiger partial charge in [0.25, 0.3) is 0 Å². The van der Waals surface area contributed by atoms with Crippen LogP contribution >= 0.6 is 0 Å². The Kier molecular flexibility index (Phi) is 6.14. The Hall–Kier alpha value is -2.49. The second-order valence-electron chi connectivity index (χ2n) is 9.03. The van der Waals surface area contributed by atoms with E-state index in [0.717, 1.165) is 12.1 Å². The van der Waals surface area contributed by atoms with Crippen molar-refractivity contribution in [3.05, 3.63) is 36.1 Å². The number of carbonyl (C=O) groups is 1. The van der Waals surface area contributed by atoms with Gasteiger partial charge in [0.05, 0.1) is 30.5 Å². The molecule has 13 heteroatoms. The topological polar surface area (TPSA) is 208 Å². The van der Waals surface area contributed by atoms with E-state index in [1.165, 1.54) is 12.3 Å². The fraction of sp³-hybridized carbons (Fsp3) is 0.591. The van der Waals surface area contributed by atoms with Gasteiger partial charge in [0.2, 0.25) is 6.29 Å². The third-order valence-corrected chi connectivity index (χ3v) is 7.02. The second-order valence-corrected chi connectivity index (χ2v) is 9.03. The number of aliphatic hydroxyl groups is 5. The number of carbonyl (C=O) groups excluding carboxylic acids is 1. The zero-order valence-corrected chi connectivity index (χ0v) is 18.2. The Morgan fingerprint density at radius 2 is 1.77 bits per heavy atom. The van der Waals surface area contributed by atoms with Crippen molar-refractivity contribution < 1.29 is 64.2 Å². The lowest BCUT2D eigenvalue weighted by Gasteiger charge is -2.43. The lowest BCUT2D eigenvalue weighted by molar-refractivity contribution is -0.344. The molecule has 4 aliphatic rings. The maximum absolute atomic E-state index is 12.5. The zero-order valence-electron chi connectivity index (χ0n) is 18.2. The van der Waals surface area contributed by atoms with E-state index in [1.54, 1.807) is 6.08 Å². The van der Waals surface area contributed by atoms with Crippen LogP contribution in [-0.2, 0) is 23.7 Å². The fourth-order valence-electron chi connectivity index (χ4n) is 5.07. The van der Waals surface area contributed by atoms with Gasteiger partial charge in [0.1, 0.15) is 42.7 Å². The fourth-order valence-corrected chi connectivity index (χ4v) is 5.07. The molecule has 3 heterocycles. The first-order valence-corrected chi connectivity index (χ1v) is 11.0. The van der Waals surface area contributed by atoms with Crippen LogP contribution in [0.3, 0.4) is 0 Å². The van der Waals surface area contributed by atoms with Gasteiger partial charge in [-0.25, -0.2) is 4.79 Å². The van der Waals surface area contributed by atoms with E-state index in [0.29, 0.717) is 0 Å². The summed E-state index contributed by atoms with van der Waals surface area (Å²) in [7, 11) is 0. The molecule has 0 unspecified atom stereocenters. The molecular formula is C22H26O13. The van der Waals surface area contributed by atoms with Crippen LogP contribution < -0.4 is 0 Å². The first-order chi connectivity index (χ1) is 16.7. The minimum absolute atomic E-state index is 0.0158. The molecule has 0 bridgehead atoms. The first kappa shape index (κ1) is 24.2. The lowest BCUT2D eigenvalue weighted by atomic mass is 9.85. The molecule has 0 aromatic heterocycles. The molecule has 3 aliphatic heterocycles. The SMILES string of the molecule is O=C(OC[C@]12O[C@H]1[C@@H](O)[C@@H]1C=CO[C@@H](O[C@@H]3O[C@H](CO)[C@@H](O)[C@H](O)[C@H]3O)[C@@H]12)c1ccc(O)c(O)c1. The Bertz CT molecular complexity index is 998. The first-order valence-electron chi connectivity index (χ1n) is 11.0. The van der Waals surface area contributed by atoms with E-state index in [1.807, 2.05) is 0 Å². The molecule has 1 aromatic carbocycles. The predicted octanol–water partition coefficient (Wildman–Crippen LogP) is -2.31. The molecule has 2 saturated heterocycles. The van der Waals surface area contributed by atoms with Crippen LogP contribution in [0, 0.1) is 11.8 Å². The highest BCUT2D eigenvalue weighted by Gasteiger charge is 2.76. The number of epoxide rings is 1. The van der Waals surface area contributed by atoms with Crippen molar-refractivity contribution in [2.45, 2.75) is 54.8 Å². The van der Waals surface area contributed by atoms with Crippen LogP contribution in [0.2, 0.25) is 0 Å². The van der Waals surface area contributed by atoms with Gasteiger partial charge in [-0.2, -0.15) is 0 Å². The van der Waals surface area contributed by atoms with Gasteiger partial charge in [-0.05, 0) is 24.3 Å². The van der Waals surface area contributed by atoms with E-state index in [4.69, 9.17) is 23.7 Å².